The minimum absolute atomic E-state index is 0.00504. The zero-order chi connectivity index (χ0) is 61.3. The Morgan fingerprint density at radius 1 is 0.329 bits per heavy atom. The molecule has 0 fully saturated rings. The molecule has 0 aliphatic heterocycles. The predicted octanol–water partition coefficient (Wildman–Crippen LogP) is 25.0. The summed E-state index contributed by atoms with van der Waals surface area (Å²) in [5.74, 6) is -0.0656. The van der Waals surface area contributed by atoms with Gasteiger partial charge in [-0.1, -0.05) is 357 Å². The number of hydrogen-bond acceptors (Lipinski definition) is 5. The Morgan fingerprint density at radius 3 is 0.918 bits per heavy atom. The van der Waals surface area contributed by atoms with Crippen molar-refractivity contribution >= 4 is 11.9 Å². The van der Waals surface area contributed by atoms with Crippen LogP contribution in [0.4, 0.5) is 0 Å². The molecule has 0 heterocycles. The van der Waals surface area contributed by atoms with Crippen molar-refractivity contribution in [2.24, 2.45) is 0 Å². The molecule has 0 saturated carbocycles. The minimum atomic E-state index is -0.852. The number of ether oxygens (including phenoxy) is 1. The van der Waals surface area contributed by atoms with E-state index >= 15 is 0 Å². The van der Waals surface area contributed by atoms with Crippen LogP contribution in [0.1, 0.15) is 406 Å². The fraction of sp³-hybridized carbons (Fsp3) is 0.848. The number of rotatable bonds is 71. The molecule has 0 aromatic heterocycles. The third-order valence-electron chi connectivity index (χ3n) is 17.5. The maximum Gasteiger partial charge on any atom is 0.305 e. The molecular formula is C79H147NO5. The molecule has 0 saturated heterocycles. The first-order valence-corrected chi connectivity index (χ1v) is 38.1. The Labute approximate surface area is 530 Å². The molecule has 0 rings (SSSR count). The Kier molecular flexibility index (Phi) is 71.9. The van der Waals surface area contributed by atoms with E-state index in [4.69, 9.17) is 4.74 Å². The van der Waals surface area contributed by atoms with Gasteiger partial charge in [0.25, 0.3) is 0 Å². The molecule has 2 atom stereocenters. The van der Waals surface area contributed by atoms with Crippen molar-refractivity contribution in [1.82, 2.24) is 5.32 Å². The number of nitrogens with one attached hydrogen (secondary N) is 1. The van der Waals surface area contributed by atoms with E-state index in [1.165, 1.54) is 321 Å². The normalized spacial score (nSPS) is 12.8. The number of hydrogen-bond donors (Lipinski definition) is 3. The van der Waals surface area contributed by atoms with Gasteiger partial charge in [0, 0.05) is 12.8 Å². The Balaban J connectivity index is 3.45. The van der Waals surface area contributed by atoms with E-state index in [1.54, 1.807) is 6.08 Å². The largest absolute Gasteiger partial charge is 0.466 e. The van der Waals surface area contributed by atoms with E-state index < -0.39 is 12.1 Å². The second kappa shape index (κ2) is 74.0. The third-order valence-corrected chi connectivity index (χ3v) is 17.5. The van der Waals surface area contributed by atoms with Crippen molar-refractivity contribution in [2.45, 2.75) is 418 Å². The topological polar surface area (TPSA) is 95.9 Å². The SMILES string of the molecule is CCCCC/C=C\C/C=C\CCCCCCCCCCCC(=O)OCCCCCCCCCCC/C=C\C/C=C\CCCCCCCCCCCC(=O)NC(CO)C(O)/C=C/CCCCCCCCCCCCCCCCCCCCCCCC. The highest BCUT2D eigenvalue weighted by atomic mass is 16.5. The molecule has 0 aliphatic rings. The molecule has 6 heteroatoms. The maximum absolute atomic E-state index is 12.5. The van der Waals surface area contributed by atoms with Gasteiger partial charge >= 0.3 is 5.97 Å². The van der Waals surface area contributed by atoms with E-state index in [2.05, 4.69) is 67.8 Å². The van der Waals surface area contributed by atoms with Gasteiger partial charge in [0.05, 0.1) is 25.4 Å². The lowest BCUT2D eigenvalue weighted by atomic mass is 10.0. The van der Waals surface area contributed by atoms with Crippen LogP contribution in [0.5, 0.6) is 0 Å². The molecule has 498 valence electrons. The van der Waals surface area contributed by atoms with Crippen LogP contribution in [-0.2, 0) is 14.3 Å². The van der Waals surface area contributed by atoms with Crippen LogP contribution >= 0.6 is 0 Å². The van der Waals surface area contributed by atoms with Crippen molar-refractivity contribution in [3.05, 3.63) is 60.8 Å². The highest BCUT2D eigenvalue weighted by Crippen LogP contribution is 2.18. The molecule has 0 aliphatic carbocycles. The number of esters is 1. The van der Waals surface area contributed by atoms with Gasteiger partial charge < -0.3 is 20.3 Å². The fourth-order valence-electron chi connectivity index (χ4n) is 11.7. The van der Waals surface area contributed by atoms with Gasteiger partial charge in [-0.3, -0.25) is 9.59 Å². The van der Waals surface area contributed by atoms with Gasteiger partial charge in [-0.2, -0.15) is 0 Å². The van der Waals surface area contributed by atoms with Gasteiger partial charge in [-0.15, -0.1) is 0 Å². The summed E-state index contributed by atoms with van der Waals surface area (Å²) in [4.78, 5) is 24.7. The van der Waals surface area contributed by atoms with Crippen LogP contribution in [0.25, 0.3) is 0 Å². The summed E-state index contributed by atoms with van der Waals surface area (Å²) in [5.41, 5.74) is 0. The first-order chi connectivity index (χ1) is 42.0. The summed E-state index contributed by atoms with van der Waals surface area (Å²) >= 11 is 0. The van der Waals surface area contributed by atoms with Crippen molar-refractivity contribution in [1.29, 1.82) is 0 Å². The van der Waals surface area contributed by atoms with Crippen LogP contribution in [0.15, 0.2) is 60.8 Å². The average Bonchev–Trinajstić information content (AvgIpc) is 3.51. The van der Waals surface area contributed by atoms with Crippen molar-refractivity contribution < 1.29 is 24.5 Å². The van der Waals surface area contributed by atoms with Crippen LogP contribution in [0.2, 0.25) is 0 Å². The lowest BCUT2D eigenvalue weighted by Gasteiger charge is -2.20. The Bertz CT molecular complexity index is 1470. The van der Waals surface area contributed by atoms with Gasteiger partial charge in [0.2, 0.25) is 5.91 Å². The van der Waals surface area contributed by atoms with E-state index in [0.717, 1.165) is 57.8 Å². The molecule has 0 bridgehead atoms. The summed E-state index contributed by atoms with van der Waals surface area (Å²) in [6, 6.07) is -0.636. The first kappa shape index (κ1) is 82.6. The third kappa shape index (κ3) is 70.5. The zero-order valence-electron chi connectivity index (χ0n) is 57.1. The van der Waals surface area contributed by atoms with Gasteiger partial charge in [0.15, 0.2) is 0 Å². The molecular weight excluding hydrogens is 1040 g/mol. The number of carbonyl (C=O) groups is 2. The molecule has 2 unspecified atom stereocenters. The Hall–Kier alpha value is -2.44. The van der Waals surface area contributed by atoms with Crippen LogP contribution in [-0.4, -0.2) is 47.4 Å². The van der Waals surface area contributed by atoms with Crippen molar-refractivity contribution in [3.63, 3.8) is 0 Å². The number of allylic oxidation sites excluding steroid dienone is 9. The van der Waals surface area contributed by atoms with E-state index in [0.29, 0.717) is 19.4 Å². The van der Waals surface area contributed by atoms with Gasteiger partial charge in [0.1, 0.15) is 0 Å². The number of aliphatic hydroxyl groups is 2. The van der Waals surface area contributed by atoms with E-state index in [9.17, 15) is 19.8 Å². The van der Waals surface area contributed by atoms with Gasteiger partial charge in [-0.05, 0) is 96.3 Å². The lowest BCUT2D eigenvalue weighted by Crippen LogP contribution is -2.45. The number of amides is 1. The van der Waals surface area contributed by atoms with Gasteiger partial charge in [-0.25, -0.2) is 0 Å². The summed E-state index contributed by atoms with van der Waals surface area (Å²) in [5, 5.41) is 23.3. The second-order valence-corrected chi connectivity index (χ2v) is 26.0. The quantitative estimate of drug-likeness (QED) is 0.0320. The minimum Gasteiger partial charge on any atom is -0.466 e. The molecule has 6 nitrogen and oxygen atoms in total. The molecule has 3 N–H and O–H groups in total. The van der Waals surface area contributed by atoms with Crippen LogP contribution < -0.4 is 5.32 Å². The zero-order valence-corrected chi connectivity index (χ0v) is 57.1. The molecule has 85 heavy (non-hydrogen) atoms. The Morgan fingerprint density at radius 2 is 0.588 bits per heavy atom. The predicted molar refractivity (Wildman–Crippen MR) is 375 cm³/mol. The van der Waals surface area contributed by atoms with Crippen molar-refractivity contribution in [3.8, 4) is 0 Å². The smallest absolute Gasteiger partial charge is 0.305 e. The molecule has 0 aromatic carbocycles. The maximum atomic E-state index is 12.5. The molecule has 0 spiro atoms. The summed E-state index contributed by atoms with van der Waals surface area (Å²) < 4.78 is 5.50. The summed E-state index contributed by atoms with van der Waals surface area (Å²) in [7, 11) is 0. The van der Waals surface area contributed by atoms with E-state index in [-0.39, 0.29) is 18.5 Å². The van der Waals surface area contributed by atoms with Crippen LogP contribution in [0, 0.1) is 0 Å². The highest BCUT2D eigenvalue weighted by molar-refractivity contribution is 5.76. The second-order valence-electron chi connectivity index (χ2n) is 26.0. The molecule has 0 aromatic rings. The van der Waals surface area contributed by atoms with E-state index in [1.807, 2.05) is 6.08 Å². The fourth-order valence-corrected chi connectivity index (χ4v) is 11.7. The lowest BCUT2D eigenvalue weighted by molar-refractivity contribution is -0.143. The highest BCUT2D eigenvalue weighted by Gasteiger charge is 2.18. The number of carbonyl (C=O) groups excluding carboxylic acids is 2. The molecule has 0 radical (unpaired) electrons. The summed E-state index contributed by atoms with van der Waals surface area (Å²) in [6.45, 7) is 4.90. The standard InChI is InChI=1S/C79H147NO5/c1-3-5-7-9-11-13-15-17-19-21-23-24-25-29-32-36-39-43-47-51-55-59-63-67-71-77(82)76(75-81)80-78(83)72-68-64-60-56-52-48-44-40-37-33-30-27-26-28-31-34-38-42-46-50-54-58-62-66-70-74-85-79(84)73-69-65-61-57-53-49-45-41-35-22-20-18-16-14-12-10-8-6-4-2/h12,14,18,20,27-28,30-31,67,71,76-77,81-82H,3-11,13,15-17,19,21-26,29,32-66,68-70,72-75H2,1-2H3,(H,80,83)/b14-12-,20-18-,30-27-,31-28-,71-67+. The average molecular weight is 1190 g/mol. The number of unbranched alkanes of at least 4 members (excludes halogenated alkanes) is 52. The first-order valence-electron chi connectivity index (χ1n) is 38.1. The molecule has 1 amide bonds. The number of aliphatic hydroxyl groups excluding tert-OH is 2. The summed E-state index contributed by atoms with van der Waals surface area (Å²) in [6.07, 6.45) is 98.8. The van der Waals surface area contributed by atoms with Crippen molar-refractivity contribution in [2.75, 3.05) is 13.2 Å². The monoisotopic (exact) mass is 1190 g/mol. The van der Waals surface area contributed by atoms with Crippen LogP contribution in [0.3, 0.4) is 0 Å².